The van der Waals surface area contributed by atoms with Crippen molar-refractivity contribution in [1.82, 2.24) is 9.91 Å². The largest absolute Gasteiger partial charge is 0.293 e. The number of hydrogen-bond acceptors (Lipinski definition) is 3. The minimum atomic E-state index is -0.0799. The SMILES string of the molecule is Cc1ccc(C)c(C2=NN(C(=O)CN(C)Cc3ccccc3)C(c3ccccc3C)C2)c1. The molecule has 4 rings (SSSR count). The zero-order chi connectivity index (χ0) is 22.7. The molecule has 4 heteroatoms. The fraction of sp³-hybridized carbons (Fsp3) is 0.286. The summed E-state index contributed by atoms with van der Waals surface area (Å²) in [4.78, 5) is 15.5. The second-order valence-corrected chi connectivity index (χ2v) is 8.84. The number of carbonyl (C=O) groups excluding carboxylic acids is 1. The molecule has 0 bridgehead atoms. The Bertz CT molecular complexity index is 1140. The number of likely N-dealkylation sites (N-methyl/N-ethyl adjacent to an activating group) is 1. The number of carbonyl (C=O) groups is 1. The Kier molecular flexibility index (Phi) is 6.52. The summed E-state index contributed by atoms with van der Waals surface area (Å²) >= 11 is 0. The molecule has 1 atom stereocenters. The summed E-state index contributed by atoms with van der Waals surface area (Å²) in [5.41, 5.74) is 8.05. The minimum absolute atomic E-state index is 0.0250. The quantitative estimate of drug-likeness (QED) is 0.529. The van der Waals surface area contributed by atoms with Crippen LogP contribution in [0.25, 0.3) is 0 Å². The second-order valence-electron chi connectivity index (χ2n) is 8.84. The van der Waals surface area contributed by atoms with Gasteiger partial charge < -0.3 is 0 Å². The zero-order valence-corrected chi connectivity index (χ0v) is 19.4. The van der Waals surface area contributed by atoms with E-state index in [1.54, 1.807) is 5.01 Å². The number of rotatable bonds is 6. The highest BCUT2D eigenvalue weighted by Gasteiger charge is 2.34. The molecule has 0 saturated carbocycles. The smallest absolute Gasteiger partial charge is 0.257 e. The predicted octanol–water partition coefficient (Wildman–Crippen LogP) is 5.42. The van der Waals surface area contributed by atoms with Crippen LogP contribution in [0.4, 0.5) is 0 Å². The van der Waals surface area contributed by atoms with E-state index in [-0.39, 0.29) is 11.9 Å². The van der Waals surface area contributed by atoms with Crippen molar-refractivity contribution < 1.29 is 4.79 Å². The molecule has 0 spiro atoms. The van der Waals surface area contributed by atoms with Crippen molar-refractivity contribution in [2.24, 2.45) is 5.10 Å². The molecule has 0 radical (unpaired) electrons. The van der Waals surface area contributed by atoms with E-state index in [1.807, 2.05) is 37.4 Å². The van der Waals surface area contributed by atoms with E-state index < -0.39 is 0 Å². The first kappa shape index (κ1) is 22.0. The van der Waals surface area contributed by atoms with E-state index in [0.717, 1.165) is 29.8 Å². The van der Waals surface area contributed by atoms with Crippen LogP contribution in [0.5, 0.6) is 0 Å². The van der Waals surface area contributed by atoms with Gasteiger partial charge in [-0.1, -0.05) is 72.3 Å². The average molecular weight is 426 g/mol. The Morgan fingerprint density at radius 1 is 0.969 bits per heavy atom. The molecular weight excluding hydrogens is 394 g/mol. The fourth-order valence-corrected chi connectivity index (χ4v) is 4.41. The number of aryl methyl sites for hydroxylation is 3. The molecule has 1 amide bonds. The molecule has 1 unspecified atom stereocenters. The summed E-state index contributed by atoms with van der Waals surface area (Å²) < 4.78 is 0. The number of benzene rings is 3. The van der Waals surface area contributed by atoms with Crippen LogP contribution in [0.15, 0.2) is 77.9 Å². The van der Waals surface area contributed by atoms with Gasteiger partial charge in [-0.3, -0.25) is 9.69 Å². The summed E-state index contributed by atoms with van der Waals surface area (Å²) in [6.45, 7) is 7.36. The van der Waals surface area contributed by atoms with Gasteiger partial charge in [0.05, 0.1) is 18.3 Å². The van der Waals surface area contributed by atoms with Crippen molar-refractivity contribution in [2.75, 3.05) is 13.6 Å². The third kappa shape index (κ3) is 4.81. The number of hydrogen-bond donors (Lipinski definition) is 0. The summed E-state index contributed by atoms with van der Waals surface area (Å²) in [6, 6.07) is 24.9. The first-order valence-electron chi connectivity index (χ1n) is 11.2. The number of amides is 1. The molecule has 0 aromatic heterocycles. The van der Waals surface area contributed by atoms with E-state index in [1.165, 1.54) is 22.3 Å². The van der Waals surface area contributed by atoms with Gasteiger partial charge in [0.1, 0.15) is 0 Å². The first-order valence-corrected chi connectivity index (χ1v) is 11.2. The summed E-state index contributed by atoms with van der Waals surface area (Å²) in [6.07, 6.45) is 0.725. The maximum atomic E-state index is 13.4. The minimum Gasteiger partial charge on any atom is -0.293 e. The van der Waals surface area contributed by atoms with Gasteiger partial charge in [-0.05, 0) is 56.1 Å². The number of nitrogens with zero attached hydrogens (tertiary/aromatic N) is 3. The van der Waals surface area contributed by atoms with Gasteiger partial charge >= 0.3 is 0 Å². The molecule has 0 N–H and O–H groups in total. The molecule has 32 heavy (non-hydrogen) atoms. The Balaban J connectivity index is 1.61. The molecule has 1 heterocycles. The third-order valence-corrected chi connectivity index (χ3v) is 6.12. The van der Waals surface area contributed by atoms with Crippen LogP contribution >= 0.6 is 0 Å². The second kappa shape index (κ2) is 9.49. The summed E-state index contributed by atoms with van der Waals surface area (Å²) in [7, 11) is 1.99. The molecule has 0 aliphatic carbocycles. The third-order valence-electron chi connectivity index (χ3n) is 6.12. The molecule has 4 nitrogen and oxygen atoms in total. The van der Waals surface area contributed by atoms with E-state index >= 15 is 0 Å². The first-order chi connectivity index (χ1) is 15.4. The Labute approximate surface area is 191 Å². The monoisotopic (exact) mass is 425 g/mol. The summed E-state index contributed by atoms with van der Waals surface area (Å²) in [5, 5.41) is 6.62. The fourth-order valence-electron chi connectivity index (χ4n) is 4.41. The van der Waals surface area contributed by atoms with E-state index in [9.17, 15) is 4.79 Å². The lowest BCUT2D eigenvalue weighted by Crippen LogP contribution is -2.36. The normalized spacial score (nSPS) is 15.8. The van der Waals surface area contributed by atoms with Crippen LogP contribution < -0.4 is 0 Å². The highest BCUT2D eigenvalue weighted by atomic mass is 16.2. The molecular formula is C28H31N3O. The maximum absolute atomic E-state index is 13.4. The van der Waals surface area contributed by atoms with Gasteiger partial charge in [-0.25, -0.2) is 5.01 Å². The molecule has 164 valence electrons. The van der Waals surface area contributed by atoms with Crippen LogP contribution in [0.2, 0.25) is 0 Å². The Hall–Kier alpha value is -3.24. The highest BCUT2D eigenvalue weighted by Crippen LogP contribution is 2.35. The molecule has 3 aromatic rings. The van der Waals surface area contributed by atoms with Gasteiger partial charge in [0.15, 0.2) is 0 Å². The lowest BCUT2D eigenvalue weighted by Gasteiger charge is -2.25. The van der Waals surface area contributed by atoms with Crippen molar-refractivity contribution in [3.05, 3.63) is 106 Å². The zero-order valence-electron chi connectivity index (χ0n) is 19.4. The average Bonchev–Trinajstić information content (AvgIpc) is 3.21. The van der Waals surface area contributed by atoms with Crippen molar-refractivity contribution in [2.45, 2.75) is 39.8 Å². The van der Waals surface area contributed by atoms with Crippen molar-refractivity contribution in [3.63, 3.8) is 0 Å². The van der Waals surface area contributed by atoms with Crippen LogP contribution in [0.3, 0.4) is 0 Å². The standard InChI is InChI=1S/C28H31N3O/c1-20-14-15-22(3)25(16-20)26-17-27(24-13-9-8-10-21(24)2)31(29-26)28(32)19-30(4)18-23-11-6-5-7-12-23/h5-16,27H,17-19H2,1-4H3. The van der Waals surface area contributed by atoms with Crippen molar-refractivity contribution in [1.29, 1.82) is 0 Å². The predicted molar refractivity (Wildman–Crippen MR) is 131 cm³/mol. The lowest BCUT2D eigenvalue weighted by molar-refractivity contribution is -0.134. The van der Waals surface area contributed by atoms with Crippen molar-refractivity contribution in [3.8, 4) is 0 Å². The van der Waals surface area contributed by atoms with E-state index in [0.29, 0.717) is 6.54 Å². The van der Waals surface area contributed by atoms with Crippen LogP contribution in [-0.2, 0) is 11.3 Å². The van der Waals surface area contributed by atoms with Gasteiger partial charge in [0.2, 0.25) is 0 Å². The van der Waals surface area contributed by atoms with Crippen molar-refractivity contribution >= 4 is 11.6 Å². The molecule has 0 fully saturated rings. The van der Waals surface area contributed by atoms with Gasteiger partial charge in [-0.15, -0.1) is 0 Å². The van der Waals surface area contributed by atoms with Crippen LogP contribution in [-0.4, -0.2) is 35.1 Å². The molecule has 1 aliphatic heterocycles. The van der Waals surface area contributed by atoms with Gasteiger partial charge in [0.25, 0.3) is 5.91 Å². The van der Waals surface area contributed by atoms with Gasteiger partial charge in [0, 0.05) is 18.5 Å². The van der Waals surface area contributed by atoms with E-state index in [2.05, 4.69) is 68.1 Å². The molecule has 1 aliphatic rings. The Morgan fingerprint density at radius 3 is 2.44 bits per heavy atom. The van der Waals surface area contributed by atoms with Gasteiger partial charge in [-0.2, -0.15) is 5.10 Å². The highest BCUT2D eigenvalue weighted by molar-refractivity contribution is 6.04. The summed E-state index contributed by atoms with van der Waals surface area (Å²) in [5.74, 6) is 0.0250. The molecule has 0 saturated heterocycles. The lowest BCUT2D eigenvalue weighted by atomic mass is 9.93. The van der Waals surface area contributed by atoms with Crippen LogP contribution in [0.1, 0.15) is 45.8 Å². The topological polar surface area (TPSA) is 35.9 Å². The van der Waals surface area contributed by atoms with Crippen LogP contribution in [0, 0.1) is 20.8 Å². The van der Waals surface area contributed by atoms with E-state index in [4.69, 9.17) is 5.10 Å². The molecule has 3 aromatic carbocycles. The Morgan fingerprint density at radius 2 is 1.69 bits per heavy atom. The number of hydrazone groups is 1. The maximum Gasteiger partial charge on any atom is 0.257 e.